The first-order valence-electron chi connectivity index (χ1n) is 9.05. The van der Waals surface area contributed by atoms with E-state index in [4.69, 9.17) is 4.74 Å². The Morgan fingerprint density at radius 3 is 2.52 bits per heavy atom. The first-order valence-corrected chi connectivity index (χ1v) is 9.93. The lowest BCUT2D eigenvalue weighted by molar-refractivity contribution is -0.122. The number of amides is 2. The Labute approximate surface area is 173 Å². The van der Waals surface area contributed by atoms with Crippen LogP contribution in [0.4, 0.5) is 5.69 Å². The van der Waals surface area contributed by atoms with Crippen LogP contribution in [0.25, 0.3) is 0 Å². The Morgan fingerprint density at radius 2 is 1.86 bits per heavy atom. The Balaban J connectivity index is 1.58. The molecule has 8 heteroatoms. The van der Waals surface area contributed by atoms with Gasteiger partial charge in [-0.25, -0.2) is 0 Å². The number of nitrogens with zero attached hydrogens (tertiary/aromatic N) is 2. The van der Waals surface area contributed by atoms with Gasteiger partial charge in [-0.3, -0.25) is 9.59 Å². The molecule has 1 fully saturated rings. The lowest BCUT2D eigenvalue weighted by Crippen LogP contribution is -2.28. The minimum atomic E-state index is -0.532. The monoisotopic (exact) mass is 410 g/mol. The molecule has 150 valence electrons. The number of anilines is 1. The third kappa shape index (κ3) is 5.68. The van der Waals surface area contributed by atoms with Crippen LogP contribution in [0.2, 0.25) is 0 Å². The van der Waals surface area contributed by atoms with Crippen molar-refractivity contribution < 1.29 is 14.3 Å². The number of methoxy groups -OCH3 is 1. The van der Waals surface area contributed by atoms with Gasteiger partial charge in [-0.05, 0) is 55.8 Å². The third-order valence-corrected chi connectivity index (χ3v) is 5.35. The van der Waals surface area contributed by atoms with E-state index in [1.54, 1.807) is 7.11 Å². The number of nitrogens with one attached hydrogen (secondary N) is 2. The smallest absolute Gasteiger partial charge is 0.240 e. The van der Waals surface area contributed by atoms with Crippen LogP contribution in [0, 0.1) is 6.92 Å². The van der Waals surface area contributed by atoms with Gasteiger partial charge < -0.3 is 15.4 Å². The molecule has 1 unspecified atom stereocenters. The average molecular weight is 410 g/mol. The lowest BCUT2D eigenvalue weighted by atomic mass is 10.1. The van der Waals surface area contributed by atoms with Crippen molar-refractivity contribution in [3.63, 3.8) is 0 Å². The van der Waals surface area contributed by atoms with Gasteiger partial charge in [0.1, 0.15) is 11.0 Å². The van der Waals surface area contributed by atoms with Crippen LogP contribution < -0.4 is 15.4 Å². The number of amidine groups is 1. The molecule has 29 heavy (non-hydrogen) atoms. The summed E-state index contributed by atoms with van der Waals surface area (Å²) in [5.41, 5.74) is 3.42. The molecule has 0 aromatic heterocycles. The number of hydrogen-bond acceptors (Lipinski definition) is 6. The molecule has 0 radical (unpaired) electrons. The Hall–Kier alpha value is -3.13. The Morgan fingerprint density at radius 1 is 1.17 bits per heavy atom. The molecule has 3 rings (SSSR count). The number of aryl methyl sites for hydroxylation is 1. The molecular weight excluding hydrogens is 388 g/mol. The summed E-state index contributed by atoms with van der Waals surface area (Å²) in [5.74, 6) is 0.295. The highest BCUT2D eigenvalue weighted by Crippen LogP contribution is 2.23. The topological polar surface area (TPSA) is 92.2 Å². The fourth-order valence-corrected chi connectivity index (χ4v) is 3.53. The number of benzene rings is 2. The van der Waals surface area contributed by atoms with Crippen molar-refractivity contribution in [3.8, 4) is 5.75 Å². The number of thioether (sulfide) groups is 1. The summed E-state index contributed by atoms with van der Waals surface area (Å²) in [7, 11) is 1.61. The predicted molar refractivity (Wildman–Crippen MR) is 117 cm³/mol. The molecule has 2 aromatic carbocycles. The molecular formula is C21H22N4O3S. The molecule has 0 saturated carbocycles. The van der Waals surface area contributed by atoms with E-state index in [0.717, 1.165) is 16.9 Å². The van der Waals surface area contributed by atoms with E-state index in [0.29, 0.717) is 16.6 Å². The molecule has 1 atom stereocenters. The van der Waals surface area contributed by atoms with E-state index < -0.39 is 5.25 Å². The second-order valence-electron chi connectivity index (χ2n) is 6.53. The van der Waals surface area contributed by atoms with Crippen LogP contribution in [0.5, 0.6) is 5.75 Å². The van der Waals surface area contributed by atoms with E-state index in [9.17, 15) is 9.59 Å². The van der Waals surface area contributed by atoms with Gasteiger partial charge >= 0.3 is 0 Å². The molecule has 1 saturated heterocycles. The van der Waals surface area contributed by atoms with Gasteiger partial charge in [-0.15, -0.1) is 5.10 Å². The fourth-order valence-electron chi connectivity index (χ4n) is 2.61. The molecule has 1 heterocycles. The van der Waals surface area contributed by atoms with Crippen LogP contribution in [-0.4, -0.2) is 35.1 Å². The Bertz CT molecular complexity index is 953. The molecule has 2 N–H and O–H groups in total. The lowest BCUT2D eigenvalue weighted by Gasteiger charge is -2.07. The third-order valence-electron chi connectivity index (χ3n) is 4.28. The molecule has 0 aliphatic carbocycles. The van der Waals surface area contributed by atoms with Crippen LogP contribution in [0.3, 0.4) is 0 Å². The maximum atomic E-state index is 12.2. The molecule has 0 spiro atoms. The average Bonchev–Trinajstić information content (AvgIpc) is 3.07. The van der Waals surface area contributed by atoms with Crippen LogP contribution in [0.15, 0.2) is 58.7 Å². The van der Waals surface area contributed by atoms with Crippen molar-refractivity contribution >= 4 is 40.1 Å². The van der Waals surface area contributed by atoms with Crippen molar-refractivity contribution in [1.82, 2.24) is 5.32 Å². The van der Waals surface area contributed by atoms with Crippen molar-refractivity contribution in [2.45, 2.75) is 25.5 Å². The summed E-state index contributed by atoms with van der Waals surface area (Å²) in [6.45, 7) is 3.81. The second-order valence-corrected chi connectivity index (χ2v) is 7.72. The maximum absolute atomic E-state index is 12.2. The summed E-state index contributed by atoms with van der Waals surface area (Å²) < 4.78 is 5.14. The number of hydrogen-bond donors (Lipinski definition) is 2. The zero-order chi connectivity index (χ0) is 20.8. The highest BCUT2D eigenvalue weighted by Gasteiger charge is 2.32. The van der Waals surface area contributed by atoms with E-state index in [-0.39, 0.29) is 18.2 Å². The molecule has 2 amide bonds. The van der Waals surface area contributed by atoms with Gasteiger partial charge in [-0.2, -0.15) is 5.10 Å². The summed E-state index contributed by atoms with van der Waals surface area (Å²) in [6.07, 6.45) is 0.0601. The summed E-state index contributed by atoms with van der Waals surface area (Å²) in [5, 5.41) is 13.6. The van der Waals surface area contributed by atoms with E-state index >= 15 is 0 Å². The van der Waals surface area contributed by atoms with Gasteiger partial charge in [0.2, 0.25) is 11.8 Å². The number of ether oxygens (including phenoxy) is 1. The fraction of sp³-hybridized carbons (Fsp3) is 0.238. The zero-order valence-electron chi connectivity index (χ0n) is 16.4. The van der Waals surface area contributed by atoms with Crippen molar-refractivity contribution in [2.75, 3.05) is 12.4 Å². The molecule has 0 bridgehead atoms. The van der Waals surface area contributed by atoms with Crippen LogP contribution in [-0.2, 0) is 9.59 Å². The van der Waals surface area contributed by atoms with E-state index in [1.165, 1.54) is 11.8 Å². The number of carbonyl (C=O) groups excluding carboxylic acids is 2. The van der Waals surface area contributed by atoms with Crippen molar-refractivity contribution in [2.24, 2.45) is 10.2 Å². The zero-order valence-corrected chi connectivity index (χ0v) is 17.2. The second kappa shape index (κ2) is 9.38. The van der Waals surface area contributed by atoms with Crippen LogP contribution >= 0.6 is 11.8 Å². The SMILES string of the molecule is COc1ccc(C(C)=N/N=C2\NC(=O)C(CC(=O)Nc3ccc(C)cc3)S2)cc1. The Kier molecular flexibility index (Phi) is 6.66. The standard InChI is InChI=1S/C21H22N4O3S/c1-13-4-8-16(9-5-13)22-19(26)12-18-20(27)23-21(29-18)25-24-14(2)15-6-10-17(28-3)11-7-15/h4-11,18H,12H2,1-3H3,(H,22,26)(H,23,25,27). The maximum Gasteiger partial charge on any atom is 0.240 e. The van der Waals surface area contributed by atoms with E-state index in [1.807, 2.05) is 62.4 Å². The van der Waals surface area contributed by atoms with Gasteiger partial charge in [0.05, 0.1) is 12.8 Å². The van der Waals surface area contributed by atoms with Gasteiger partial charge in [0.15, 0.2) is 5.17 Å². The summed E-state index contributed by atoms with van der Waals surface area (Å²) in [6, 6.07) is 15.0. The highest BCUT2D eigenvalue weighted by molar-refractivity contribution is 8.15. The normalized spacial score (nSPS) is 17.9. The first-order chi connectivity index (χ1) is 13.9. The number of rotatable bonds is 6. The van der Waals surface area contributed by atoms with Crippen molar-refractivity contribution in [3.05, 3.63) is 59.7 Å². The van der Waals surface area contributed by atoms with Crippen LogP contribution in [0.1, 0.15) is 24.5 Å². The van der Waals surface area contributed by atoms with E-state index in [2.05, 4.69) is 20.8 Å². The molecule has 1 aliphatic rings. The van der Waals surface area contributed by atoms with Gasteiger partial charge in [-0.1, -0.05) is 29.5 Å². The summed E-state index contributed by atoms with van der Waals surface area (Å²) in [4.78, 5) is 24.4. The predicted octanol–water partition coefficient (Wildman–Crippen LogP) is 3.34. The highest BCUT2D eigenvalue weighted by atomic mass is 32.2. The van der Waals surface area contributed by atoms with Gasteiger partial charge in [0, 0.05) is 12.1 Å². The van der Waals surface area contributed by atoms with Gasteiger partial charge in [0.25, 0.3) is 0 Å². The molecule has 1 aliphatic heterocycles. The minimum Gasteiger partial charge on any atom is -0.497 e. The molecule has 2 aromatic rings. The summed E-state index contributed by atoms with van der Waals surface area (Å²) >= 11 is 1.20. The molecule has 7 nitrogen and oxygen atoms in total. The largest absolute Gasteiger partial charge is 0.497 e. The first kappa shape index (κ1) is 20.6. The number of carbonyl (C=O) groups is 2. The quantitative estimate of drug-likeness (QED) is 0.564. The van der Waals surface area contributed by atoms with Crippen molar-refractivity contribution in [1.29, 1.82) is 0 Å². The minimum absolute atomic E-state index is 0.0601.